The molecule has 42 heavy (non-hydrogen) atoms. The molecule has 0 heterocycles. The summed E-state index contributed by atoms with van der Waals surface area (Å²) in [6.45, 7) is -0.931. The van der Waals surface area contributed by atoms with E-state index in [2.05, 4.69) is 0 Å². The Kier molecular flexibility index (Phi) is 9.36. The lowest BCUT2D eigenvalue weighted by Gasteiger charge is -2.46. The monoisotopic (exact) mass is 698 g/mol. The van der Waals surface area contributed by atoms with Crippen molar-refractivity contribution in [2.45, 2.75) is 90.6 Å². The van der Waals surface area contributed by atoms with Gasteiger partial charge in [0.05, 0.1) is 0 Å². The highest BCUT2D eigenvalue weighted by molar-refractivity contribution is 5.20. The first-order valence-corrected chi connectivity index (χ1v) is 9.09. The lowest BCUT2D eigenvalue weighted by atomic mass is 9.83. The van der Waals surface area contributed by atoms with Crippen LogP contribution in [0.25, 0.3) is 0 Å². The molecular formula is C15H5F27. The largest absolute Gasteiger partial charge is 0.385 e. The highest BCUT2D eigenvalue weighted by atomic mass is 19.4. The Morgan fingerprint density at radius 2 is 0.405 bits per heavy atom. The molecule has 0 saturated heterocycles. The van der Waals surface area contributed by atoms with Gasteiger partial charge < -0.3 is 0 Å². The molecular weight excluding hydrogens is 693 g/mol. The predicted octanol–water partition coefficient (Wildman–Crippen LogP) is 9.23. The zero-order chi connectivity index (χ0) is 35.2. The van der Waals surface area contributed by atoms with E-state index in [0.29, 0.717) is 0 Å². The van der Waals surface area contributed by atoms with Crippen LogP contribution in [0.2, 0.25) is 0 Å². The molecule has 0 bridgehead atoms. The molecule has 0 fully saturated rings. The molecule has 27 heteroatoms. The second-order valence-corrected chi connectivity index (χ2v) is 7.91. The van der Waals surface area contributed by atoms with Gasteiger partial charge >= 0.3 is 77.5 Å². The average Bonchev–Trinajstić information content (AvgIpc) is 2.77. The number of rotatable bonds is 13. The van der Waals surface area contributed by atoms with Gasteiger partial charge in [0.25, 0.3) is 0 Å². The standard InChI is InChI=1S/C15H5F27/c1-2(16)4(19,20)6(23,24)8(27,28)10(31,32)12(35,36)14(39,40)15(41,42)13(37,38)11(33,34)9(29,30)7(25,26)5(21,22)3(17)18/h2-3H,1H3. The summed E-state index contributed by atoms with van der Waals surface area (Å²) in [4.78, 5) is 0. The van der Waals surface area contributed by atoms with Gasteiger partial charge in [-0.15, -0.1) is 0 Å². The lowest BCUT2D eigenvalue weighted by molar-refractivity contribution is -0.480. The molecule has 1 unspecified atom stereocenters. The van der Waals surface area contributed by atoms with Crippen LogP contribution < -0.4 is 0 Å². The number of alkyl halides is 27. The van der Waals surface area contributed by atoms with Crippen LogP contribution in [0, 0.1) is 0 Å². The third kappa shape index (κ3) is 4.41. The van der Waals surface area contributed by atoms with Crippen LogP contribution in [0.5, 0.6) is 0 Å². The molecule has 0 radical (unpaired) electrons. The molecule has 254 valence electrons. The molecule has 0 nitrogen and oxygen atoms in total. The van der Waals surface area contributed by atoms with Crippen LogP contribution >= 0.6 is 0 Å². The minimum atomic E-state index is -9.71. The minimum Gasteiger partial charge on any atom is -0.241 e. The first-order chi connectivity index (χ1) is 17.6. The van der Waals surface area contributed by atoms with Gasteiger partial charge in [0.15, 0.2) is 6.17 Å². The normalized spacial score (nSPS) is 17.6. The maximum Gasteiger partial charge on any atom is 0.385 e. The summed E-state index contributed by atoms with van der Waals surface area (Å²) in [6.07, 6.45) is -11.2. The molecule has 0 aromatic heterocycles. The summed E-state index contributed by atoms with van der Waals surface area (Å²) in [6, 6.07) is 0. The van der Waals surface area contributed by atoms with Gasteiger partial charge in [-0.1, -0.05) is 0 Å². The quantitative estimate of drug-likeness (QED) is 0.168. The van der Waals surface area contributed by atoms with Gasteiger partial charge in [0.2, 0.25) is 0 Å². The molecule has 0 spiro atoms. The minimum absolute atomic E-state index is 0.931. The Hall–Kier alpha value is -1.89. The lowest BCUT2D eigenvalue weighted by Crippen LogP contribution is -2.78. The van der Waals surface area contributed by atoms with Crippen LogP contribution in [-0.2, 0) is 0 Å². The molecule has 0 rings (SSSR count). The van der Waals surface area contributed by atoms with Crippen LogP contribution in [0.3, 0.4) is 0 Å². The molecule has 1 atom stereocenters. The van der Waals surface area contributed by atoms with Gasteiger partial charge in [-0.2, -0.15) is 105 Å². The van der Waals surface area contributed by atoms with Crippen molar-refractivity contribution < 1.29 is 119 Å². The molecule has 0 N–H and O–H groups in total. The van der Waals surface area contributed by atoms with Gasteiger partial charge in [0, 0.05) is 0 Å². The topological polar surface area (TPSA) is 0 Å². The van der Waals surface area contributed by atoms with Crippen LogP contribution in [0.1, 0.15) is 6.92 Å². The molecule has 0 saturated carbocycles. The summed E-state index contributed by atoms with van der Waals surface area (Å²) in [5.74, 6) is -108. The first kappa shape index (κ1) is 40.1. The van der Waals surface area contributed by atoms with Crippen molar-refractivity contribution in [3.63, 3.8) is 0 Å². The van der Waals surface area contributed by atoms with E-state index < -0.39 is 90.6 Å². The highest BCUT2D eigenvalue weighted by Gasteiger charge is 2.99. The van der Waals surface area contributed by atoms with Crippen molar-refractivity contribution in [2.75, 3.05) is 0 Å². The average molecular weight is 698 g/mol. The Morgan fingerprint density at radius 1 is 0.262 bits per heavy atom. The third-order valence-corrected chi connectivity index (χ3v) is 5.16. The van der Waals surface area contributed by atoms with Gasteiger partial charge in [-0.25, -0.2) is 13.2 Å². The van der Waals surface area contributed by atoms with E-state index >= 15 is 0 Å². The van der Waals surface area contributed by atoms with E-state index in [4.69, 9.17) is 0 Å². The zero-order valence-electron chi connectivity index (χ0n) is 18.4. The number of hydrogen-bond donors (Lipinski definition) is 0. The summed E-state index contributed by atoms with van der Waals surface area (Å²) in [5.41, 5.74) is 0. The van der Waals surface area contributed by atoms with E-state index in [-0.39, 0.29) is 0 Å². The zero-order valence-corrected chi connectivity index (χ0v) is 18.4. The van der Waals surface area contributed by atoms with E-state index in [0.717, 1.165) is 0 Å². The molecule has 0 aliphatic heterocycles. The van der Waals surface area contributed by atoms with Crippen LogP contribution in [-0.4, -0.2) is 83.7 Å². The smallest absolute Gasteiger partial charge is 0.241 e. The fourth-order valence-corrected chi connectivity index (χ4v) is 2.38. The van der Waals surface area contributed by atoms with Crippen molar-refractivity contribution >= 4 is 0 Å². The van der Waals surface area contributed by atoms with E-state index in [1.165, 1.54) is 0 Å². The van der Waals surface area contributed by atoms with Crippen LogP contribution in [0.15, 0.2) is 0 Å². The predicted molar refractivity (Wildman–Crippen MR) is 75.9 cm³/mol. The van der Waals surface area contributed by atoms with E-state index in [1.807, 2.05) is 0 Å². The molecule has 0 aliphatic carbocycles. The first-order valence-electron chi connectivity index (χ1n) is 9.09. The fourth-order valence-electron chi connectivity index (χ4n) is 2.38. The Labute approximate surface area is 210 Å². The number of hydrogen-bond acceptors (Lipinski definition) is 0. The molecule has 0 aliphatic rings. The van der Waals surface area contributed by atoms with Crippen molar-refractivity contribution in [1.82, 2.24) is 0 Å². The Balaban J connectivity index is 7.41. The molecule has 0 amide bonds. The van der Waals surface area contributed by atoms with Crippen molar-refractivity contribution in [1.29, 1.82) is 0 Å². The van der Waals surface area contributed by atoms with Gasteiger partial charge in [-0.05, 0) is 6.92 Å². The van der Waals surface area contributed by atoms with Crippen molar-refractivity contribution in [2.24, 2.45) is 0 Å². The van der Waals surface area contributed by atoms with E-state index in [9.17, 15) is 119 Å². The summed E-state index contributed by atoms with van der Waals surface area (Å²) in [7, 11) is 0. The summed E-state index contributed by atoms with van der Waals surface area (Å²) < 4.78 is 356. The fraction of sp³-hybridized carbons (Fsp3) is 1.00. The Bertz CT molecular complexity index is 890. The van der Waals surface area contributed by atoms with Gasteiger partial charge in [-0.3, -0.25) is 0 Å². The van der Waals surface area contributed by atoms with E-state index in [1.54, 1.807) is 0 Å². The third-order valence-electron chi connectivity index (χ3n) is 5.16. The van der Waals surface area contributed by atoms with Crippen molar-refractivity contribution in [3.8, 4) is 0 Å². The second kappa shape index (κ2) is 9.81. The van der Waals surface area contributed by atoms with Crippen molar-refractivity contribution in [3.05, 3.63) is 0 Å². The number of halogens is 27. The van der Waals surface area contributed by atoms with Crippen LogP contribution in [0.4, 0.5) is 119 Å². The summed E-state index contributed by atoms with van der Waals surface area (Å²) in [5, 5.41) is 0. The molecule has 0 aromatic rings. The highest BCUT2D eigenvalue weighted by Crippen LogP contribution is 2.68. The Morgan fingerprint density at radius 3 is 0.548 bits per heavy atom. The maximum absolute atomic E-state index is 13.6. The van der Waals surface area contributed by atoms with Gasteiger partial charge in [0.1, 0.15) is 0 Å². The second-order valence-electron chi connectivity index (χ2n) is 7.91. The maximum atomic E-state index is 13.6. The SMILES string of the molecule is CC(F)C(F)(F)C(F)(F)C(F)(F)C(F)(F)C(F)(F)C(F)(F)C(F)(F)C(F)(F)C(F)(F)C(F)(F)C(F)(F)C(F)(F)C(F)F. The summed E-state index contributed by atoms with van der Waals surface area (Å²) >= 11 is 0. The molecule has 0 aromatic carbocycles.